The number of benzene rings is 1. The van der Waals surface area contributed by atoms with Gasteiger partial charge < -0.3 is 15.2 Å². The maximum Gasteiger partial charge on any atom is 0.191 e. The second kappa shape index (κ2) is 9.43. The first kappa shape index (κ1) is 18.5. The molecule has 0 spiro atoms. The molecule has 1 aliphatic rings. The van der Waals surface area contributed by atoms with Crippen LogP contribution in [0.5, 0.6) is 0 Å². The number of aryl methyl sites for hydroxylation is 1. The van der Waals surface area contributed by atoms with E-state index >= 15 is 0 Å². The van der Waals surface area contributed by atoms with E-state index in [9.17, 15) is 0 Å². The zero-order valence-corrected chi connectivity index (χ0v) is 16.0. The van der Waals surface area contributed by atoms with E-state index in [0.29, 0.717) is 12.6 Å². The van der Waals surface area contributed by atoms with Gasteiger partial charge >= 0.3 is 0 Å². The van der Waals surface area contributed by atoms with Gasteiger partial charge in [-0.15, -0.1) is 0 Å². The Bertz CT molecular complexity index is 691. The van der Waals surface area contributed by atoms with Crippen LogP contribution in [0.3, 0.4) is 0 Å². The Morgan fingerprint density at radius 1 is 1.15 bits per heavy atom. The van der Waals surface area contributed by atoms with Crippen LogP contribution in [0.1, 0.15) is 30.9 Å². The second-order valence-corrected chi connectivity index (χ2v) is 7.01. The van der Waals surface area contributed by atoms with Crippen LogP contribution in [0.4, 0.5) is 0 Å². The fraction of sp³-hybridized carbons (Fsp3) is 0.476. The zero-order valence-electron chi connectivity index (χ0n) is 16.0. The molecule has 5 nitrogen and oxygen atoms in total. The smallest absolute Gasteiger partial charge is 0.191 e. The molecule has 5 heteroatoms. The van der Waals surface area contributed by atoms with E-state index in [2.05, 4.69) is 75.8 Å². The number of rotatable bonds is 7. The van der Waals surface area contributed by atoms with Gasteiger partial charge in [0.25, 0.3) is 0 Å². The molecule has 26 heavy (non-hydrogen) atoms. The summed E-state index contributed by atoms with van der Waals surface area (Å²) in [6.07, 6.45) is 6.70. The lowest BCUT2D eigenvalue weighted by Crippen LogP contribution is -2.44. The molecule has 2 aromatic rings. The standard InChI is InChI=1S/C21H31N5/c1-3-22-21(23-14-19-11-13-25(2)16-19)24-15-20-10-7-12-26(20)17-18-8-5-4-6-9-18/h4-6,8-9,11,13,16,20H,3,7,10,12,14-15,17H2,1-2H3,(H2,22,23,24). The van der Waals surface area contributed by atoms with Crippen molar-refractivity contribution in [3.8, 4) is 0 Å². The fourth-order valence-corrected chi connectivity index (χ4v) is 3.53. The maximum atomic E-state index is 4.73. The molecule has 1 atom stereocenters. The van der Waals surface area contributed by atoms with E-state index in [1.165, 1.54) is 30.5 Å². The first-order valence-electron chi connectivity index (χ1n) is 9.65. The van der Waals surface area contributed by atoms with Crippen LogP contribution in [0.2, 0.25) is 0 Å². The first-order valence-corrected chi connectivity index (χ1v) is 9.65. The van der Waals surface area contributed by atoms with Crippen LogP contribution < -0.4 is 10.6 Å². The highest BCUT2D eigenvalue weighted by molar-refractivity contribution is 5.79. The van der Waals surface area contributed by atoms with Crippen molar-refractivity contribution in [3.05, 3.63) is 59.9 Å². The minimum Gasteiger partial charge on any atom is -0.357 e. The van der Waals surface area contributed by atoms with Gasteiger partial charge in [-0.3, -0.25) is 4.90 Å². The topological polar surface area (TPSA) is 44.6 Å². The van der Waals surface area contributed by atoms with Crippen molar-refractivity contribution in [2.24, 2.45) is 12.0 Å². The van der Waals surface area contributed by atoms with E-state index in [4.69, 9.17) is 4.99 Å². The third-order valence-corrected chi connectivity index (χ3v) is 4.89. The molecule has 0 amide bonds. The Morgan fingerprint density at radius 3 is 2.73 bits per heavy atom. The largest absolute Gasteiger partial charge is 0.357 e. The summed E-state index contributed by atoms with van der Waals surface area (Å²) in [7, 11) is 2.04. The van der Waals surface area contributed by atoms with Crippen LogP contribution in [0.15, 0.2) is 53.8 Å². The molecule has 0 aliphatic carbocycles. The number of aliphatic imine (C=N–C) groups is 1. The second-order valence-electron chi connectivity index (χ2n) is 7.01. The molecular weight excluding hydrogens is 322 g/mol. The summed E-state index contributed by atoms with van der Waals surface area (Å²) in [6, 6.07) is 13.4. The number of hydrogen-bond donors (Lipinski definition) is 2. The van der Waals surface area contributed by atoms with Crippen LogP contribution in [0.25, 0.3) is 0 Å². The molecule has 3 rings (SSSR count). The highest BCUT2D eigenvalue weighted by Crippen LogP contribution is 2.19. The number of likely N-dealkylation sites (tertiary alicyclic amines) is 1. The lowest BCUT2D eigenvalue weighted by Gasteiger charge is -2.25. The third kappa shape index (κ3) is 5.36. The lowest BCUT2D eigenvalue weighted by atomic mass is 10.2. The Balaban J connectivity index is 1.53. The maximum absolute atomic E-state index is 4.73. The molecule has 1 aromatic heterocycles. The number of guanidine groups is 1. The highest BCUT2D eigenvalue weighted by Gasteiger charge is 2.24. The van der Waals surface area contributed by atoms with Gasteiger partial charge in [-0.2, -0.15) is 0 Å². The number of aromatic nitrogens is 1. The summed E-state index contributed by atoms with van der Waals surface area (Å²) in [4.78, 5) is 7.32. The van der Waals surface area contributed by atoms with E-state index < -0.39 is 0 Å². The van der Waals surface area contributed by atoms with Crippen molar-refractivity contribution in [2.45, 2.75) is 38.9 Å². The summed E-state index contributed by atoms with van der Waals surface area (Å²) >= 11 is 0. The summed E-state index contributed by atoms with van der Waals surface area (Å²) in [5.41, 5.74) is 2.63. The molecule has 140 valence electrons. The first-order chi connectivity index (χ1) is 12.7. The van der Waals surface area contributed by atoms with Crippen LogP contribution in [0, 0.1) is 0 Å². The Morgan fingerprint density at radius 2 is 2.00 bits per heavy atom. The van der Waals surface area contributed by atoms with Gasteiger partial charge in [0.1, 0.15) is 0 Å². The summed E-state index contributed by atoms with van der Waals surface area (Å²) < 4.78 is 2.06. The van der Waals surface area contributed by atoms with Gasteiger partial charge in [0, 0.05) is 45.1 Å². The van der Waals surface area contributed by atoms with E-state index in [1.807, 2.05) is 7.05 Å². The van der Waals surface area contributed by atoms with Crippen molar-refractivity contribution >= 4 is 5.96 Å². The molecule has 2 N–H and O–H groups in total. The molecule has 1 aliphatic heterocycles. The van der Waals surface area contributed by atoms with Crippen LogP contribution in [-0.2, 0) is 20.1 Å². The molecule has 1 fully saturated rings. The third-order valence-electron chi connectivity index (χ3n) is 4.89. The zero-order chi connectivity index (χ0) is 18.2. The van der Waals surface area contributed by atoms with Crippen LogP contribution >= 0.6 is 0 Å². The van der Waals surface area contributed by atoms with Crippen molar-refractivity contribution in [1.82, 2.24) is 20.1 Å². The van der Waals surface area contributed by atoms with Crippen molar-refractivity contribution in [3.63, 3.8) is 0 Å². The monoisotopic (exact) mass is 353 g/mol. The van der Waals surface area contributed by atoms with E-state index in [-0.39, 0.29) is 0 Å². The predicted octanol–water partition coefficient (Wildman–Crippen LogP) is 2.74. The number of hydrogen-bond acceptors (Lipinski definition) is 2. The molecule has 1 saturated heterocycles. The van der Waals surface area contributed by atoms with Crippen LogP contribution in [-0.4, -0.2) is 41.1 Å². The minimum atomic E-state index is 0.566. The Hall–Kier alpha value is -2.27. The van der Waals surface area contributed by atoms with Gasteiger partial charge in [-0.05, 0) is 43.5 Å². The van der Waals surface area contributed by atoms with Gasteiger partial charge in [0.05, 0.1) is 6.54 Å². The molecule has 1 unspecified atom stereocenters. The molecule has 0 saturated carbocycles. The predicted molar refractivity (Wildman–Crippen MR) is 108 cm³/mol. The Kier molecular flexibility index (Phi) is 6.72. The van der Waals surface area contributed by atoms with Gasteiger partial charge in [0.2, 0.25) is 0 Å². The van der Waals surface area contributed by atoms with Gasteiger partial charge in [-0.1, -0.05) is 30.3 Å². The van der Waals surface area contributed by atoms with Crippen molar-refractivity contribution < 1.29 is 0 Å². The van der Waals surface area contributed by atoms with E-state index in [0.717, 1.165) is 25.6 Å². The summed E-state index contributed by atoms with van der Waals surface area (Å²) in [5, 5.41) is 6.91. The average Bonchev–Trinajstić information content (AvgIpc) is 3.27. The molecular formula is C21H31N5. The number of nitrogens with one attached hydrogen (secondary N) is 2. The van der Waals surface area contributed by atoms with Crippen molar-refractivity contribution in [1.29, 1.82) is 0 Å². The highest BCUT2D eigenvalue weighted by atomic mass is 15.2. The SMILES string of the molecule is CCNC(=NCc1ccn(C)c1)NCC1CCCN1Cc1ccccc1. The van der Waals surface area contributed by atoms with E-state index in [1.54, 1.807) is 0 Å². The fourth-order valence-electron chi connectivity index (χ4n) is 3.53. The summed E-state index contributed by atoms with van der Waals surface area (Å²) in [5.74, 6) is 0.905. The average molecular weight is 354 g/mol. The molecule has 1 aromatic carbocycles. The molecule has 0 radical (unpaired) electrons. The lowest BCUT2D eigenvalue weighted by molar-refractivity contribution is 0.245. The molecule has 0 bridgehead atoms. The van der Waals surface area contributed by atoms with Crippen molar-refractivity contribution in [2.75, 3.05) is 19.6 Å². The minimum absolute atomic E-state index is 0.566. The summed E-state index contributed by atoms with van der Waals surface area (Å²) in [6.45, 7) is 6.84. The number of nitrogens with zero attached hydrogens (tertiary/aromatic N) is 3. The Labute approximate surface area is 157 Å². The van der Waals surface area contributed by atoms with Gasteiger partial charge in [-0.25, -0.2) is 4.99 Å². The normalized spacial score (nSPS) is 18.2. The quantitative estimate of drug-likeness (QED) is 0.594. The van der Waals surface area contributed by atoms with Gasteiger partial charge in [0.15, 0.2) is 5.96 Å². The molecule has 2 heterocycles.